The Morgan fingerprint density at radius 1 is 1.58 bits per heavy atom. The molecule has 0 saturated carbocycles. The molecule has 1 saturated heterocycles. The van der Waals surface area contributed by atoms with Crippen molar-refractivity contribution in [1.29, 1.82) is 0 Å². The van der Waals surface area contributed by atoms with Gasteiger partial charge < -0.3 is 15.5 Å². The van der Waals surface area contributed by atoms with Crippen molar-refractivity contribution in [3.8, 4) is 12.3 Å². The highest BCUT2D eigenvalue weighted by atomic mass is 32.2. The van der Waals surface area contributed by atoms with Gasteiger partial charge in [-0.2, -0.15) is 5.10 Å². The van der Waals surface area contributed by atoms with Gasteiger partial charge in [-0.05, 0) is 19.8 Å². The highest BCUT2D eigenvalue weighted by Crippen LogP contribution is 2.18. The minimum absolute atomic E-state index is 0.398. The average molecular weight is 349 g/mol. The maximum Gasteiger partial charge on any atom is 0.191 e. The molecular formula is C17H28N6S. The van der Waals surface area contributed by atoms with E-state index in [4.69, 9.17) is 6.42 Å². The lowest BCUT2D eigenvalue weighted by molar-refractivity contribution is 0.468. The van der Waals surface area contributed by atoms with Crippen molar-refractivity contribution in [3.63, 3.8) is 0 Å². The Kier molecular flexibility index (Phi) is 7.83. The number of rotatable bonds is 7. The van der Waals surface area contributed by atoms with Crippen LogP contribution >= 0.6 is 11.8 Å². The van der Waals surface area contributed by atoms with Crippen LogP contribution in [0.25, 0.3) is 0 Å². The minimum atomic E-state index is 0.398. The normalized spacial score (nSPS) is 18.3. The number of hydrogen-bond acceptors (Lipinski definition) is 4. The summed E-state index contributed by atoms with van der Waals surface area (Å²) in [7, 11) is 1.96. The molecule has 1 fully saturated rings. The molecule has 0 unspecified atom stereocenters. The lowest BCUT2D eigenvalue weighted by Crippen LogP contribution is -2.51. The monoisotopic (exact) mass is 348 g/mol. The Morgan fingerprint density at radius 2 is 2.46 bits per heavy atom. The molecule has 1 aromatic heterocycles. The second-order valence-corrected chi connectivity index (χ2v) is 6.92. The first-order valence-corrected chi connectivity index (χ1v) is 9.68. The number of anilines is 1. The number of thioether (sulfide) groups is 1. The number of nitrogens with zero attached hydrogens (tertiary/aromatic N) is 4. The van der Waals surface area contributed by atoms with Crippen LogP contribution in [0.4, 0.5) is 5.69 Å². The Balaban J connectivity index is 1.86. The fourth-order valence-corrected chi connectivity index (χ4v) is 3.25. The zero-order chi connectivity index (χ0) is 17.2. The van der Waals surface area contributed by atoms with Crippen molar-refractivity contribution in [3.05, 3.63) is 12.4 Å². The summed E-state index contributed by atoms with van der Waals surface area (Å²) < 4.78 is 1.85. The van der Waals surface area contributed by atoms with Gasteiger partial charge >= 0.3 is 0 Å². The highest BCUT2D eigenvalue weighted by Gasteiger charge is 2.21. The van der Waals surface area contributed by atoms with Crippen molar-refractivity contribution in [1.82, 2.24) is 20.4 Å². The maximum atomic E-state index is 5.26. The van der Waals surface area contributed by atoms with E-state index in [1.807, 2.05) is 17.9 Å². The van der Waals surface area contributed by atoms with E-state index in [1.54, 1.807) is 11.8 Å². The largest absolute Gasteiger partial charge is 0.367 e. The third kappa shape index (κ3) is 6.00. The van der Waals surface area contributed by atoms with E-state index in [1.165, 1.54) is 12.1 Å². The van der Waals surface area contributed by atoms with E-state index < -0.39 is 0 Å². The van der Waals surface area contributed by atoms with Crippen molar-refractivity contribution < 1.29 is 0 Å². The molecule has 0 aliphatic carbocycles. The molecular weight excluding hydrogens is 320 g/mol. The number of hydrogen-bond donors (Lipinski definition) is 2. The van der Waals surface area contributed by atoms with Crippen LogP contribution in [0, 0.1) is 12.3 Å². The van der Waals surface area contributed by atoms with Crippen LogP contribution in [0.3, 0.4) is 0 Å². The summed E-state index contributed by atoms with van der Waals surface area (Å²) in [6.07, 6.45) is 11.6. The molecule has 1 aromatic rings. The van der Waals surface area contributed by atoms with Gasteiger partial charge in [0, 0.05) is 44.7 Å². The molecule has 1 aliphatic rings. The maximum absolute atomic E-state index is 5.26. The topological polar surface area (TPSA) is 57.5 Å². The Hall–Kier alpha value is -1.81. The average Bonchev–Trinajstić information content (AvgIpc) is 3.01. The molecule has 1 aliphatic heterocycles. The first-order chi connectivity index (χ1) is 11.7. The molecule has 0 radical (unpaired) electrons. The van der Waals surface area contributed by atoms with Gasteiger partial charge in [0.05, 0.1) is 24.2 Å². The Bertz CT molecular complexity index is 562. The van der Waals surface area contributed by atoms with Crippen molar-refractivity contribution in [2.24, 2.45) is 12.0 Å². The van der Waals surface area contributed by atoms with Crippen LogP contribution in [-0.2, 0) is 7.05 Å². The zero-order valence-corrected chi connectivity index (χ0v) is 15.5. The third-order valence-corrected chi connectivity index (χ3v) is 4.70. The molecule has 7 heteroatoms. The second-order valence-electron chi connectivity index (χ2n) is 5.82. The molecule has 2 heterocycles. The number of aromatic nitrogens is 2. The molecule has 0 spiro atoms. The van der Waals surface area contributed by atoms with Crippen molar-refractivity contribution in [2.75, 3.05) is 42.6 Å². The van der Waals surface area contributed by atoms with Crippen molar-refractivity contribution in [2.45, 2.75) is 25.8 Å². The molecule has 2 N–H and O–H groups in total. The number of piperidine rings is 1. The first-order valence-electron chi connectivity index (χ1n) is 8.52. The van der Waals surface area contributed by atoms with E-state index in [9.17, 15) is 0 Å². The van der Waals surface area contributed by atoms with Gasteiger partial charge in [-0.3, -0.25) is 9.67 Å². The summed E-state index contributed by atoms with van der Waals surface area (Å²) >= 11 is 1.74. The van der Waals surface area contributed by atoms with Gasteiger partial charge in [-0.15, -0.1) is 18.2 Å². The van der Waals surface area contributed by atoms with Gasteiger partial charge in [-0.1, -0.05) is 5.92 Å². The third-order valence-electron chi connectivity index (χ3n) is 3.85. The molecule has 6 nitrogen and oxygen atoms in total. The number of guanidine groups is 1. The molecule has 0 bridgehead atoms. The van der Waals surface area contributed by atoms with Crippen molar-refractivity contribution >= 4 is 23.4 Å². The summed E-state index contributed by atoms with van der Waals surface area (Å²) in [6.45, 7) is 5.79. The molecule has 1 atom stereocenters. The fraction of sp³-hybridized carbons (Fsp3) is 0.647. The van der Waals surface area contributed by atoms with Gasteiger partial charge in [0.1, 0.15) is 0 Å². The lowest BCUT2D eigenvalue weighted by Gasteiger charge is -2.34. The minimum Gasteiger partial charge on any atom is -0.367 e. The Labute approximate surface area is 149 Å². The summed E-state index contributed by atoms with van der Waals surface area (Å²) in [5, 5.41) is 11.2. The molecule has 2 rings (SSSR count). The molecule has 24 heavy (non-hydrogen) atoms. The summed E-state index contributed by atoms with van der Waals surface area (Å²) in [5.41, 5.74) is 1.19. The fourth-order valence-electron chi connectivity index (χ4n) is 2.77. The predicted molar refractivity (Wildman–Crippen MR) is 104 cm³/mol. The van der Waals surface area contributed by atoms with Crippen LogP contribution in [0.5, 0.6) is 0 Å². The first kappa shape index (κ1) is 18.5. The SMILES string of the molecule is C#CCSCCN=C(NCC)N[C@@H]1CCCN(c2cnn(C)c2)C1. The van der Waals surface area contributed by atoms with Crippen LogP contribution < -0.4 is 15.5 Å². The summed E-state index contributed by atoms with van der Waals surface area (Å²) in [4.78, 5) is 7.04. The molecule has 0 aromatic carbocycles. The zero-order valence-electron chi connectivity index (χ0n) is 14.7. The molecule has 0 amide bonds. The second kappa shape index (κ2) is 10.1. The number of nitrogens with one attached hydrogen (secondary N) is 2. The number of aliphatic imine (C=N–C) groups is 1. The van der Waals surface area contributed by atoms with E-state index in [2.05, 4.69) is 44.7 Å². The standard InChI is InChI=1S/C17H28N6S/c1-4-10-24-11-8-19-17(18-5-2)21-15-7-6-9-23(13-15)16-12-20-22(3)14-16/h1,12,14-15H,5-11,13H2,2-3H3,(H2,18,19,21)/t15-/m1/s1. The van der Waals surface area contributed by atoms with Crippen LogP contribution in [0.15, 0.2) is 17.4 Å². The van der Waals surface area contributed by atoms with E-state index in [0.29, 0.717) is 6.04 Å². The smallest absolute Gasteiger partial charge is 0.191 e. The number of aryl methyl sites for hydroxylation is 1. The number of terminal acetylenes is 1. The quantitative estimate of drug-likeness (QED) is 0.337. The molecule has 132 valence electrons. The van der Waals surface area contributed by atoms with Gasteiger partial charge in [0.15, 0.2) is 5.96 Å². The van der Waals surface area contributed by atoms with Crippen LogP contribution in [-0.4, -0.2) is 59.5 Å². The van der Waals surface area contributed by atoms with E-state index >= 15 is 0 Å². The van der Waals surface area contributed by atoms with Crippen LogP contribution in [0.2, 0.25) is 0 Å². The predicted octanol–water partition coefficient (Wildman–Crippen LogP) is 1.31. The lowest BCUT2D eigenvalue weighted by atomic mass is 10.1. The van der Waals surface area contributed by atoms with E-state index in [-0.39, 0.29) is 0 Å². The summed E-state index contributed by atoms with van der Waals surface area (Å²) in [5.74, 6) is 5.24. The van der Waals surface area contributed by atoms with Gasteiger partial charge in [0.2, 0.25) is 0 Å². The van der Waals surface area contributed by atoms with Gasteiger partial charge in [-0.25, -0.2) is 0 Å². The van der Waals surface area contributed by atoms with Gasteiger partial charge in [0.25, 0.3) is 0 Å². The Morgan fingerprint density at radius 3 is 3.17 bits per heavy atom. The van der Waals surface area contributed by atoms with E-state index in [0.717, 1.165) is 50.1 Å². The highest BCUT2D eigenvalue weighted by molar-refractivity contribution is 7.99. The van der Waals surface area contributed by atoms with Crippen LogP contribution in [0.1, 0.15) is 19.8 Å². The summed E-state index contributed by atoms with van der Waals surface area (Å²) in [6, 6.07) is 0.398.